The third-order valence-electron chi connectivity index (χ3n) is 7.72. The summed E-state index contributed by atoms with van der Waals surface area (Å²) in [5.41, 5.74) is 4.59. The molecule has 2 aromatic carbocycles. The Labute approximate surface area is 240 Å². The summed E-state index contributed by atoms with van der Waals surface area (Å²) in [5.74, 6) is 1.10. The van der Waals surface area contributed by atoms with Gasteiger partial charge in [0.15, 0.2) is 0 Å². The van der Waals surface area contributed by atoms with Crippen LogP contribution in [-0.4, -0.2) is 86.7 Å². The average Bonchev–Trinajstić information content (AvgIpc) is 3.40. The van der Waals surface area contributed by atoms with Crippen molar-refractivity contribution in [3.63, 3.8) is 0 Å². The fourth-order valence-electron chi connectivity index (χ4n) is 5.69. The first-order valence-electron chi connectivity index (χ1n) is 13.8. The standard InChI is InChI=1S/C29H35N7O4S/c1-39-28-19-22(34-13-11-21(12-14-34)35-15-17-40-18-16-35)7-9-26(28)31-29-30-20-23-8-10-27(36(23)32-29)24-5-3-4-6-25(24)33-41(2,37)38/h3-10,19-21,33H,11-18H2,1-2H3,(H,31,32). The lowest BCUT2D eigenvalue weighted by atomic mass is 10.0. The Morgan fingerprint density at radius 2 is 1.76 bits per heavy atom. The number of ether oxygens (including phenoxy) is 2. The lowest BCUT2D eigenvalue weighted by Crippen LogP contribution is -2.49. The van der Waals surface area contributed by atoms with E-state index in [-0.39, 0.29) is 0 Å². The molecule has 2 aliphatic heterocycles. The van der Waals surface area contributed by atoms with Crippen molar-refractivity contribution >= 4 is 38.6 Å². The molecule has 2 N–H and O–H groups in total. The molecule has 41 heavy (non-hydrogen) atoms. The van der Waals surface area contributed by atoms with E-state index in [0.717, 1.165) is 81.1 Å². The monoisotopic (exact) mass is 577 g/mol. The van der Waals surface area contributed by atoms with Crippen molar-refractivity contribution in [1.82, 2.24) is 19.5 Å². The number of morpholine rings is 1. The molecule has 0 unspecified atom stereocenters. The van der Waals surface area contributed by atoms with E-state index in [1.165, 1.54) is 0 Å². The molecule has 0 spiro atoms. The molecule has 4 heterocycles. The lowest BCUT2D eigenvalue weighted by Gasteiger charge is -2.40. The van der Waals surface area contributed by atoms with E-state index in [1.54, 1.807) is 30.0 Å². The second kappa shape index (κ2) is 11.6. The number of methoxy groups -OCH3 is 1. The number of benzene rings is 2. The maximum Gasteiger partial charge on any atom is 0.245 e. The fourth-order valence-corrected chi connectivity index (χ4v) is 6.27. The largest absolute Gasteiger partial charge is 0.494 e. The van der Waals surface area contributed by atoms with Crippen molar-refractivity contribution in [2.45, 2.75) is 18.9 Å². The SMILES string of the molecule is COc1cc(N2CCC(N3CCOCC3)CC2)ccc1Nc1ncc2ccc(-c3ccccc3NS(C)(=O)=O)n2n1. The smallest absolute Gasteiger partial charge is 0.245 e. The predicted molar refractivity (Wildman–Crippen MR) is 161 cm³/mol. The molecule has 2 aromatic heterocycles. The van der Waals surface area contributed by atoms with Crippen LogP contribution in [-0.2, 0) is 14.8 Å². The minimum atomic E-state index is -3.45. The molecule has 11 nitrogen and oxygen atoms in total. The molecule has 0 bridgehead atoms. The number of nitrogens with zero attached hydrogens (tertiary/aromatic N) is 5. The number of anilines is 4. The van der Waals surface area contributed by atoms with E-state index >= 15 is 0 Å². The van der Waals surface area contributed by atoms with E-state index in [1.807, 2.05) is 30.3 Å². The highest BCUT2D eigenvalue weighted by atomic mass is 32.2. The normalized spacial score (nSPS) is 17.1. The van der Waals surface area contributed by atoms with Gasteiger partial charge in [-0.1, -0.05) is 18.2 Å². The van der Waals surface area contributed by atoms with Gasteiger partial charge in [0.1, 0.15) is 5.75 Å². The molecule has 6 rings (SSSR count). The summed E-state index contributed by atoms with van der Waals surface area (Å²) < 4.78 is 39.5. The van der Waals surface area contributed by atoms with Crippen LogP contribution in [0.3, 0.4) is 0 Å². The van der Waals surface area contributed by atoms with Crippen LogP contribution >= 0.6 is 0 Å². The van der Waals surface area contributed by atoms with Gasteiger partial charge in [-0.05, 0) is 43.2 Å². The molecular formula is C29H35N7O4S. The maximum atomic E-state index is 11.9. The average molecular weight is 578 g/mol. The van der Waals surface area contributed by atoms with Gasteiger partial charge in [-0.3, -0.25) is 9.62 Å². The van der Waals surface area contributed by atoms with Crippen LogP contribution in [0.15, 0.2) is 60.8 Å². The number of para-hydroxylation sites is 1. The van der Waals surface area contributed by atoms with Gasteiger partial charge in [0.25, 0.3) is 0 Å². The number of piperidine rings is 1. The van der Waals surface area contributed by atoms with Gasteiger partial charge in [-0.2, -0.15) is 0 Å². The number of aromatic nitrogens is 3. The Kier molecular flexibility index (Phi) is 7.69. The van der Waals surface area contributed by atoms with E-state index in [9.17, 15) is 8.42 Å². The zero-order valence-corrected chi connectivity index (χ0v) is 24.1. The highest BCUT2D eigenvalue weighted by Crippen LogP contribution is 2.34. The second-order valence-electron chi connectivity index (χ2n) is 10.4. The van der Waals surface area contributed by atoms with Crippen LogP contribution < -0.4 is 19.7 Å². The quantitative estimate of drug-likeness (QED) is 0.323. The molecule has 2 aliphatic rings. The van der Waals surface area contributed by atoms with Crippen molar-refractivity contribution in [2.75, 3.05) is 67.7 Å². The van der Waals surface area contributed by atoms with Gasteiger partial charge in [0.05, 0.1) is 55.4 Å². The van der Waals surface area contributed by atoms with Gasteiger partial charge < -0.3 is 19.7 Å². The summed E-state index contributed by atoms with van der Waals surface area (Å²) >= 11 is 0. The number of nitrogens with one attached hydrogen (secondary N) is 2. The molecule has 0 atom stereocenters. The third-order valence-corrected chi connectivity index (χ3v) is 8.31. The van der Waals surface area contributed by atoms with Crippen molar-refractivity contribution < 1.29 is 17.9 Å². The first kappa shape index (κ1) is 27.3. The summed E-state index contributed by atoms with van der Waals surface area (Å²) in [6, 6.07) is 17.8. The van der Waals surface area contributed by atoms with E-state index < -0.39 is 10.0 Å². The Morgan fingerprint density at radius 1 is 0.976 bits per heavy atom. The van der Waals surface area contributed by atoms with E-state index in [4.69, 9.17) is 14.6 Å². The van der Waals surface area contributed by atoms with Gasteiger partial charge in [0.2, 0.25) is 16.0 Å². The van der Waals surface area contributed by atoms with E-state index in [2.05, 4.69) is 37.0 Å². The molecule has 0 aliphatic carbocycles. The second-order valence-corrected chi connectivity index (χ2v) is 12.2. The molecule has 0 saturated carbocycles. The zero-order valence-electron chi connectivity index (χ0n) is 23.3. The van der Waals surface area contributed by atoms with Crippen molar-refractivity contribution in [3.8, 4) is 17.0 Å². The van der Waals surface area contributed by atoms with Crippen molar-refractivity contribution in [3.05, 3.63) is 60.8 Å². The summed E-state index contributed by atoms with van der Waals surface area (Å²) in [6.07, 6.45) is 5.14. The van der Waals surface area contributed by atoms with Gasteiger partial charge >= 0.3 is 0 Å². The summed E-state index contributed by atoms with van der Waals surface area (Å²) in [4.78, 5) is 9.49. The predicted octanol–water partition coefficient (Wildman–Crippen LogP) is 3.82. The summed E-state index contributed by atoms with van der Waals surface area (Å²) in [7, 11) is -1.79. The van der Waals surface area contributed by atoms with Gasteiger partial charge in [-0.15, -0.1) is 5.10 Å². The van der Waals surface area contributed by atoms with Crippen LogP contribution in [0.5, 0.6) is 5.75 Å². The Balaban J connectivity index is 1.21. The number of fused-ring (bicyclic) bond motifs is 1. The molecule has 2 saturated heterocycles. The molecule has 2 fully saturated rings. The maximum absolute atomic E-state index is 11.9. The van der Waals surface area contributed by atoms with Crippen LogP contribution in [0, 0.1) is 0 Å². The van der Waals surface area contributed by atoms with Crippen LogP contribution in [0.2, 0.25) is 0 Å². The zero-order chi connectivity index (χ0) is 28.4. The first-order valence-corrected chi connectivity index (χ1v) is 15.7. The van der Waals surface area contributed by atoms with Crippen LogP contribution in [0.1, 0.15) is 12.8 Å². The summed E-state index contributed by atoms with van der Waals surface area (Å²) in [5, 5.41) is 8.02. The molecule has 4 aromatic rings. The Bertz CT molecular complexity index is 1630. The minimum Gasteiger partial charge on any atom is -0.494 e. The first-order chi connectivity index (χ1) is 19.9. The van der Waals surface area contributed by atoms with E-state index in [0.29, 0.717) is 29.0 Å². The molecule has 0 amide bonds. The highest BCUT2D eigenvalue weighted by Gasteiger charge is 2.26. The number of hydrogen-bond donors (Lipinski definition) is 2. The molecule has 12 heteroatoms. The minimum absolute atomic E-state index is 0.390. The fraction of sp³-hybridized carbons (Fsp3) is 0.379. The van der Waals surface area contributed by atoms with Crippen molar-refractivity contribution in [1.29, 1.82) is 0 Å². The highest BCUT2D eigenvalue weighted by molar-refractivity contribution is 7.92. The Morgan fingerprint density at radius 3 is 2.51 bits per heavy atom. The van der Waals surface area contributed by atoms with Crippen LogP contribution in [0.4, 0.5) is 23.0 Å². The molecule has 216 valence electrons. The van der Waals surface area contributed by atoms with Gasteiger partial charge in [0, 0.05) is 49.5 Å². The van der Waals surface area contributed by atoms with Crippen LogP contribution in [0.25, 0.3) is 16.8 Å². The van der Waals surface area contributed by atoms with Crippen molar-refractivity contribution in [2.24, 2.45) is 0 Å². The van der Waals surface area contributed by atoms with Gasteiger partial charge in [-0.25, -0.2) is 17.9 Å². The third kappa shape index (κ3) is 6.09. The molecule has 0 radical (unpaired) electrons. The molecular weight excluding hydrogens is 542 g/mol. The lowest BCUT2D eigenvalue weighted by molar-refractivity contribution is 0.0115. The number of sulfonamides is 1. The number of rotatable bonds is 8. The topological polar surface area (TPSA) is 113 Å². The number of hydrogen-bond acceptors (Lipinski definition) is 9. The summed E-state index contributed by atoms with van der Waals surface area (Å²) in [6.45, 7) is 5.74. The Hall–Kier alpha value is -3.87.